The van der Waals surface area contributed by atoms with Gasteiger partial charge in [0.1, 0.15) is 12.8 Å². The molecule has 0 bridgehead atoms. The molecule has 1 aliphatic carbocycles. The highest BCUT2D eigenvalue weighted by Crippen LogP contribution is 2.37. The Morgan fingerprint density at radius 2 is 2.00 bits per heavy atom. The third-order valence-electron chi connectivity index (χ3n) is 4.85. The lowest BCUT2D eigenvalue weighted by Crippen LogP contribution is -2.26. The van der Waals surface area contributed by atoms with Gasteiger partial charge < -0.3 is 10.1 Å². The standard InChI is InChI=1S/C17H22F3N5O2/c1-9-14(10(2)24(22-9)8-27-4)21-16(26)11(3)25-13-7-5-6-12(13)15(23-25)17(18,19)20/h11H,5-8H2,1-4H3,(H,21,26)/t11-/m0/s1. The summed E-state index contributed by atoms with van der Waals surface area (Å²) in [5.41, 5.74) is 1.66. The number of amides is 1. The van der Waals surface area contributed by atoms with Crippen molar-refractivity contribution in [1.29, 1.82) is 0 Å². The minimum absolute atomic E-state index is 0.211. The van der Waals surface area contributed by atoms with E-state index in [1.165, 1.54) is 11.8 Å². The number of anilines is 1. The van der Waals surface area contributed by atoms with Gasteiger partial charge in [-0.25, -0.2) is 4.68 Å². The number of methoxy groups -OCH3 is 1. The number of carbonyl (C=O) groups is 1. The van der Waals surface area contributed by atoms with Gasteiger partial charge in [-0.15, -0.1) is 0 Å². The van der Waals surface area contributed by atoms with Gasteiger partial charge in [-0.2, -0.15) is 23.4 Å². The van der Waals surface area contributed by atoms with Gasteiger partial charge in [0.15, 0.2) is 5.69 Å². The topological polar surface area (TPSA) is 74.0 Å². The lowest BCUT2D eigenvalue weighted by atomic mass is 10.2. The monoisotopic (exact) mass is 385 g/mol. The van der Waals surface area contributed by atoms with Gasteiger partial charge in [0.25, 0.3) is 0 Å². The average Bonchev–Trinajstić information content (AvgIpc) is 3.24. The van der Waals surface area contributed by atoms with E-state index in [-0.39, 0.29) is 12.3 Å². The van der Waals surface area contributed by atoms with Crippen LogP contribution in [0.4, 0.5) is 18.9 Å². The summed E-state index contributed by atoms with van der Waals surface area (Å²) < 4.78 is 47.6. The molecule has 10 heteroatoms. The Morgan fingerprint density at radius 3 is 2.63 bits per heavy atom. The summed E-state index contributed by atoms with van der Waals surface area (Å²) in [5.74, 6) is -0.441. The van der Waals surface area contributed by atoms with Crippen LogP contribution in [-0.4, -0.2) is 32.6 Å². The maximum Gasteiger partial charge on any atom is 0.435 e. The number of nitrogens with one attached hydrogen (secondary N) is 1. The Bertz CT molecular complexity index is 869. The quantitative estimate of drug-likeness (QED) is 0.859. The maximum absolute atomic E-state index is 13.2. The molecule has 3 rings (SSSR count). The van der Waals surface area contributed by atoms with Gasteiger partial charge in [-0.05, 0) is 40.0 Å². The molecule has 2 heterocycles. The van der Waals surface area contributed by atoms with Crippen molar-refractivity contribution in [2.75, 3.05) is 12.4 Å². The minimum atomic E-state index is -4.52. The van der Waals surface area contributed by atoms with E-state index in [1.807, 2.05) is 0 Å². The number of carbonyl (C=O) groups excluding carboxylic acids is 1. The molecule has 0 aliphatic heterocycles. The van der Waals surface area contributed by atoms with Gasteiger partial charge in [0.2, 0.25) is 5.91 Å². The highest BCUT2D eigenvalue weighted by atomic mass is 19.4. The Labute approximate surface area is 154 Å². The van der Waals surface area contributed by atoms with Crippen molar-refractivity contribution in [1.82, 2.24) is 19.6 Å². The van der Waals surface area contributed by atoms with Gasteiger partial charge in [-0.3, -0.25) is 9.48 Å². The molecule has 1 N–H and O–H groups in total. The smallest absolute Gasteiger partial charge is 0.362 e. The van der Waals surface area contributed by atoms with Gasteiger partial charge in [0, 0.05) is 18.4 Å². The molecule has 0 fully saturated rings. The van der Waals surface area contributed by atoms with Gasteiger partial charge in [0.05, 0.1) is 17.1 Å². The molecule has 0 saturated carbocycles. The number of aromatic nitrogens is 4. The van der Waals surface area contributed by atoms with Crippen molar-refractivity contribution in [2.45, 2.75) is 59.0 Å². The fourth-order valence-corrected chi connectivity index (χ4v) is 3.48. The number of hydrogen-bond acceptors (Lipinski definition) is 4. The van der Waals surface area contributed by atoms with Crippen LogP contribution in [0.3, 0.4) is 0 Å². The predicted octanol–water partition coefficient (Wildman–Crippen LogP) is 3.01. The van der Waals surface area contributed by atoms with Gasteiger partial charge in [-0.1, -0.05) is 0 Å². The molecule has 148 valence electrons. The van der Waals surface area contributed by atoms with E-state index >= 15 is 0 Å². The van der Waals surface area contributed by atoms with E-state index in [1.54, 1.807) is 25.5 Å². The summed E-state index contributed by atoms with van der Waals surface area (Å²) in [7, 11) is 1.54. The van der Waals surface area contributed by atoms with Crippen LogP contribution in [0.25, 0.3) is 0 Å². The maximum atomic E-state index is 13.2. The molecular formula is C17H22F3N5O2. The van der Waals surface area contributed by atoms with Crippen LogP contribution in [-0.2, 0) is 35.3 Å². The fourth-order valence-electron chi connectivity index (χ4n) is 3.48. The average molecular weight is 385 g/mol. The second-order valence-corrected chi connectivity index (χ2v) is 6.70. The summed E-state index contributed by atoms with van der Waals surface area (Å²) in [6.45, 7) is 5.31. The number of ether oxygens (including phenoxy) is 1. The third kappa shape index (κ3) is 3.45. The lowest BCUT2D eigenvalue weighted by Gasteiger charge is -2.15. The molecule has 0 radical (unpaired) electrons. The van der Waals surface area contributed by atoms with Crippen LogP contribution >= 0.6 is 0 Å². The van der Waals surface area contributed by atoms with Crippen LogP contribution in [0.1, 0.15) is 47.7 Å². The molecule has 1 aliphatic rings. The normalized spacial score (nSPS) is 15.1. The first-order chi connectivity index (χ1) is 12.6. The van der Waals surface area contributed by atoms with Crippen molar-refractivity contribution in [2.24, 2.45) is 0 Å². The van der Waals surface area contributed by atoms with Crippen LogP contribution in [0.2, 0.25) is 0 Å². The van der Waals surface area contributed by atoms with E-state index in [9.17, 15) is 18.0 Å². The molecule has 7 nitrogen and oxygen atoms in total. The zero-order valence-electron chi connectivity index (χ0n) is 15.6. The number of rotatable bonds is 5. The molecule has 2 aromatic rings. The summed E-state index contributed by atoms with van der Waals surface area (Å²) in [5, 5.41) is 10.8. The van der Waals surface area contributed by atoms with Gasteiger partial charge >= 0.3 is 6.18 Å². The second-order valence-electron chi connectivity index (χ2n) is 6.70. The first-order valence-electron chi connectivity index (χ1n) is 8.66. The fraction of sp³-hybridized carbons (Fsp3) is 0.588. The first-order valence-corrected chi connectivity index (χ1v) is 8.66. The molecule has 27 heavy (non-hydrogen) atoms. The van der Waals surface area contributed by atoms with E-state index in [2.05, 4.69) is 15.5 Å². The Morgan fingerprint density at radius 1 is 1.30 bits per heavy atom. The number of hydrogen-bond donors (Lipinski definition) is 1. The Balaban J connectivity index is 1.87. The van der Waals surface area contributed by atoms with Crippen molar-refractivity contribution in [3.05, 3.63) is 28.3 Å². The summed E-state index contributed by atoms with van der Waals surface area (Å²) in [6.07, 6.45) is -3.07. The molecule has 2 aromatic heterocycles. The number of halogens is 3. The molecule has 0 unspecified atom stereocenters. The lowest BCUT2D eigenvalue weighted by molar-refractivity contribution is -0.142. The van der Waals surface area contributed by atoms with Crippen molar-refractivity contribution < 1.29 is 22.7 Å². The number of fused-ring (bicyclic) bond motifs is 1. The number of alkyl halides is 3. The second kappa shape index (κ2) is 6.99. The Hall–Kier alpha value is -2.36. The van der Waals surface area contributed by atoms with E-state index in [4.69, 9.17) is 4.74 Å². The molecule has 0 aromatic carbocycles. The number of nitrogens with zero attached hydrogens (tertiary/aromatic N) is 4. The summed E-state index contributed by atoms with van der Waals surface area (Å²) in [6, 6.07) is -0.877. The van der Waals surface area contributed by atoms with Crippen LogP contribution in [0, 0.1) is 13.8 Å². The zero-order chi connectivity index (χ0) is 19.9. The zero-order valence-corrected chi connectivity index (χ0v) is 15.6. The summed E-state index contributed by atoms with van der Waals surface area (Å²) >= 11 is 0. The van der Waals surface area contributed by atoms with E-state index in [0.29, 0.717) is 42.0 Å². The molecule has 0 spiro atoms. The largest absolute Gasteiger partial charge is 0.435 e. The van der Waals surface area contributed by atoms with Crippen LogP contribution in [0.15, 0.2) is 0 Å². The van der Waals surface area contributed by atoms with Crippen LogP contribution < -0.4 is 5.32 Å². The molecule has 1 atom stereocenters. The Kier molecular flexibility index (Phi) is 5.02. The SMILES string of the molecule is COCn1nc(C)c(NC(=O)[C@H](C)n2nc(C(F)(F)F)c3c2CCC3)c1C. The van der Waals surface area contributed by atoms with Crippen LogP contribution in [0.5, 0.6) is 0 Å². The van der Waals surface area contributed by atoms with E-state index in [0.717, 1.165) is 0 Å². The first kappa shape index (κ1) is 19.4. The minimum Gasteiger partial charge on any atom is -0.362 e. The van der Waals surface area contributed by atoms with Crippen molar-refractivity contribution in [3.8, 4) is 0 Å². The highest BCUT2D eigenvalue weighted by molar-refractivity contribution is 5.94. The summed E-state index contributed by atoms with van der Waals surface area (Å²) in [4.78, 5) is 12.7. The number of aryl methyl sites for hydroxylation is 1. The van der Waals surface area contributed by atoms with Crippen molar-refractivity contribution in [3.63, 3.8) is 0 Å². The highest BCUT2D eigenvalue weighted by Gasteiger charge is 2.41. The van der Waals surface area contributed by atoms with Crippen molar-refractivity contribution >= 4 is 11.6 Å². The predicted molar refractivity (Wildman–Crippen MR) is 91.3 cm³/mol. The molecular weight excluding hydrogens is 363 g/mol. The molecule has 0 saturated heterocycles. The molecule has 1 amide bonds. The van der Waals surface area contributed by atoms with E-state index < -0.39 is 23.8 Å². The third-order valence-corrected chi connectivity index (χ3v) is 4.85.